The first-order chi connectivity index (χ1) is 15.1. The van der Waals surface area contributed by atoms with E-state index in [-0.39, 0.29) is 18.0 Å². The predicted molar refractivity (Wildman–Crippen MR) is 117 cm³/mol. The van der Waals surface area contributed by atoms with E-state index in [0.717, 1.165) is 29.6 Å². The van der Waals surface area contributed by atoms with Gasteiger partial charge in [0.2, 0.25) is 5.91 Å². The maximum absolute atomic E-state index is 13.3. The van der Waals surface area contributed by atoms with Crippen molar-refractivity contribution in [1.82, 2.24) is 19.6 Å². The van der Waals surface area contributed by atoms with Crippen LogP contribution in [0.2, 0.25) is 0 Å². The molecule has 0 spiro atoms. The minimum atomic E-state index is -0.342. The monoisotopic (exact) mass is 415 g/mol. The van der Waals surface area contributed by atoms with E-state index in [0.29, 0.717) is 22.9 Å². The summed E-state index contributed by atoms with van der Waals surface area (Å²) in [5, 5.41) is 12.6. The number of rotatable bonds is 6. The van der Waals surface area contributed by atoms with Gasteiger partial charge in [-0.2, -0.15) is 10.2 Å². The van der Waals surface area contributed by atoms with Gasteiger partial charge in [-0.1, -0.05) is 18.2 Å². The quantitative estimate of drug-likeness (QED) is 0.523. The van der Waals surface area contributed by atoms with Crippen LogP contribution >= 0.6 is 0 Å². The summed E-state index contributed by atoms with van der Waals surface area (Å²) in [4.78, 5) is 25.9. The molecule has 8 nitrogen and oxygen atoms in total. The Morgan fingerprint density at radius 3 is 2.55 bits per heavy atom. The van der Waals surface area contributed by atoms with Crippen LogP contribution in [0.5, 0.6) is 5.75 Å². The average molecular weight is 415 g/mol. The van der Waals surface area contributed by atoms with Gasteiger partial charge in [-0.25, -0.2) is 9.36 Å². The Morgan fingerprint density at radius 1 is 1.13 bits per heavy atom. The molecule has 0 atom stereocenters. The van der Waals surface area contributed by atoms with Crippen LogP contribution in [-0.2, 0) is 11.3 Å². The number of carbonyl (C=O) groups is 1. The van der Waals surface area contributed by atoms with Crippen LogP contribution in [-0.4, -0.2) is 32.6 Å². The van der Waals surface area contributed by atoms with Crippen LogP contribution in [0, 0.1) is 0 Å². The van der Waals surface area contributed by atoms with Crippen molar-refractivity contribution in [3.8, 4) is 11.4 Å². The van der Waals surface area contributed by atoms with Gasteiger partial charge in [-0.3, -0.25) is 9.59 Å². The van der Waals surface area contributed by atoms with E-state index in [1.807, 2.05) is 30.3 Å². The van der Waals surface area contributed by atoms with Crippen molar-refractivity contribution >= 4 is 22.5 Å². The highest BCUT2D eigenvalue weighted by Gasteiger charge is 2.30. The molecule has 2 aromatic carbocycles. The molecule has 2 aromatic heterocycles. The molecule has 8 heteroatoms. The maximum Gasteiger partial charge on any atom is 0.293 e. The van der Waals surface area contributed by atoms with Crippen molar-refractivity contribution in [1.29, 1.82) is 0 Å². The van der Waals surface area contributed by atoms with Crippen molar-refractivity contribution in [2.75, 3.05) is 12.4 Å². The largest absolute Gasteiger partial charge is 0.497 e. The Morgan fingerprint density at radius 2 is 1.87 bits per heavy atom. The van der Waals surface area contributed by atoms with E-state index >= 15 is 0 Å². The second kappa shape index (κ2) is 7.71. The molecule has 2 heterocycles. The molecule has 31 heavy (non-hydrogen) atoms. The highest BCUT2D eigenvalue weighted by Crippen LogP contribution is 2.41. The van der Waals surface area contributed by atoms with Gasteiger partial charge in [0, 0.05) is 17.0 Å². The van der Waals surface area contributed by atoms with Crippen LogP contribution < -0.4 is 15.6 Å². The van der Waals surface area contributed by atoms with Gasteiger partial charge in [0.05, 0.1) is 24.7 Å². The third-order valence-electron chi connectivity index (χ3n) is 5.34. The lowest BCUT2D eigenvalue weighted by Crippen LogP contribution is -2.31. The first-order valence-electron chi connectivity index (χ1n) is 10.1. The normalized spacial score (nSPS) is 13.3. The van der Waals surface area contributed by atoms with Gasteiger partial charge in [-0.05, 0) is 49.2 Å². The Hall–Kier alpha value is -3.94. The topological polar surface area (TPSA) is 91.0 Å². The Kier molecular flexibility index (Phi) is 4.74. The summed E-state index contributed by atoms with van der Waals surface area (Å²) in [7, 11) is 1.58. The number of amides is 1. The van der Waals surface area contributed by atoms with E-state index in [1.165, 1.54) is 4.68 Å². The molecular formula is C23H21N5O3. The van der Waals surface area contributed by atoms with Crippen LogP contribution in [0.4, 0.5) is 5.69 Å². The fourth-order valence-electron chi connectivity index (χ4n) is 3.63. The molecule has 1 aliphatic carbocycles. The van der Waals surface area contributed by atoms with Gasteiger partial charge in [0.25, 0.3) is 5.56 Å². The Labute approximate surface area is 178 Å². The van der Waals surface area contributed by atoms with Gasteiger partial charge in [0.15, 0.2) is 0 Å². The van der Waals surface area contributed by atoms with Crippen molar-refractivity contribution in [3.05, 3.63) is 76.8 Å². The molecule has 156 valence electrons. The van der Waals surface area contributed by atoms with E-state index in [9.17, 15) is 9.59 Å². The summed E-state index contributed by atoms with van der Waals surface area (Å²) in [5.41, 5.74) is 2.34. The molecule has 1 amide bonds. The number of nitrogens with zero attached hydrogens (tertiary/aromatic N) is 4. The molecule has 0 unspecified atom stereocenters. The predicted octanol–water partition coefficient (Wildman–Crippen LogP) is 3.11. The highest BCUT2D eigenvalue weighted by atomic mass is 16.5. The van der Waals surface area contributed by atoms with Gasteiger partial charge >= 0.3 is 0 Å². The number of hydrogen-bond acceptors (Lipinski definition) is 5. The minimum Gasteiger partial charge on any atom is -0.497 e. The third-order valence-corrected chi connectivity index (χ3v) is 5.34. The fourth-order valence-corrected chi connectivity index (χ4v) is 3.63. The molecule has 0 bridgehead atoms. The number of methoxy groups -OCH3 is 1. The number of hydrogen-bond donors (Lipinski definition) is 1. The average Bonchev–Trinajstić information content (AvgIpc) is 3.54. The lowest BCUT2D eigenvalue weighted by molar-refractivity contribution is -0.117. The fraction of sp³-hybridized carbons (Fsp3) is 0.217. The van der Waals surface area contributed by atoms with Gasteiger partial charge in [0.1, 0.15) is 17.8 Å². The van der Waals surface area contributed by atoms with Crippen molar-refractivity contribution in [2.24, 2.45) is 0 Å². The summed E-state index contributed by atoms with van der Waals surface area (Å²) in [6.07, 6.45) is 3.75. The van der Waals surface area contributed by atoms with E-state index in [2.05, 4.69) is 15.5 Å². The van der Waals surface area contributed by atoms with Crippen LogP contribution in [0.3, 0.4) is 0 Å². The van der Waals surface area contributed by atoms with Crippen molar-refractivity contribution < 1.29 is 9.53 Å². The van der Waals surface area contributed by atoms with Crippen LogP contribution in [0.25, 0.3) is 16.6 Å². The molecular weight excluding hydrogens is 394 g/mol. The van der Waals surface area contributed by atoms with Crippen molar-refractivity contribution in [3.63, 3.8) is 0 Å². The first kappa shape index (κ1) is 19.0. The number of para-hydroxylation sites is 1. The minimum absolute atomic E-state index is 0.180. The number of ether oxygens (including phenoxy) is 1. The lowest BCUT2D eigenvalue weighted by Gasteiger charge is -2.11. The van der Waals surface area contributed by atoms with E-state index in [1.54, 1.807) is 42.3 Å². The molecule has 1 aliphatic rings. The van der Waals surface area contributed by atoms with Crippen molar-refractivity contribution in [2.45, 2.75) is 25.3 Å². The lowest BCUT2D eigenvalue weighted by atomic mass is 10.2. The first-order valence-corrected chi connectivity index (χ1v) is 10.1. The zero-order valence-corrected chi connectivity index (χ0v) is 17.0. The number of carbonyl (C=O) groups excluding carboxylic acids is 1. The number of fused-ring (bicyclic) bond motifs is 1. The Bertz CT molecular complexity index is 1310. The second-order valence-electron chi connectivity index (χ2n) is 7.55. The molecule has 4 aromatic rings. The van der Waals surface area contributed by atoms with Crippen LogP contribution in [0.1, 0.15) is 24.5 Å². The molecule has 5 rings (SSSR count). The zero-order valence-electron chi connectivity index (χ0n) is 17.0. The summed E-state index contributed by atoms with van der Waals surface area (Å²) < 4.78 is 8.01. The van der Waals surface area contributed by atoms with Crippen LogP contribution in [0.15, 0.2) is 65.6 Å². The van der Waals surface area contributed by atoms with Gasteiger partial charge in [-0.15, -0.1) is 0 Å². The molecule has 0 aliphatic heterocycles. The molecule has 1 N–H and O–H groups in total. The molecule has 0 saturated heterocycles. The molecule has 1 fully saturated rings. The molecule has 1 saturated carbocycles. The smallest absolute Gasteiger partial charge is 0.293 e. The Balaban J connectivity index is 1.51. The van der Waals surface area contributed by atoms with Gasteiger partial charge < -0.3 is 10.1 Å². The standard InChI is InChI=1S/C23H21N5O3/c1-31-18-11-9-16(10-12-18)25-20(29)14-27-23(30)22-19(21(26-27)15-7-8-15)13-24-28(22)17-5-3-2-4-6-17/h2-6,9-13,15H,7-8,14H2,1H3,(H,25,29). The summed E-state index contributed by atoms with van der Waals surface area (Å²) in [6.45, 7) is -0.180. The summed E-state index contributed by atoms with van der Waals surface area (Å²) in [6, 6.07) is 16.5. The number of aromatic nitrogens is 4. The second-order valence-corrected chi connectivity index (χ2v) is 7.55. The SMILES string of the molecule is COc1ccc(NC(=O)Cn2nc(C3CC3)c3cnn(-c4ccccc4)c3c2=O)cc1. The molecule has 0 radical (unpaired) electrons. The number of nitrogens with one attached hydrogen (secondary N) is 1. The number of anilines is 1. The highest BCUT2D eigenvalue weighted by molar-refractivity contribution is 5.91. The third kappa shape index (κ3) is 3.68. The summed E-state index contributed by atoms with van der Waals surface area (Å²) >= 11 is 0. The maximum atomic E-state index is 13.3. The zero-order chi connectivity index (χ0) is 21.4. The van der Waals surface area contributed by atoms with E-state index < -0.39 is 0 Å². The number of benzene rings is 2. The summed E-state index contributed by atoms with van der Waals surface area (Å²) in [5.74, 6) is 0.670. The van der Waals surface area contributed by atoms with E-state index in [4.69, 9.17) is 4.74 Å².